The number of hydrogen-bond acceptors (Lipinski definition) is 3. The molecule has 1 aliphatic rings. The first-order valence-electron chi connectivity index (χ1n) is 7.28. The Morgan fingerprint density at radius 2 is 2.30 bits per heavy atom. The van der Waals surface area contributed by atoms with Gasteiger partial charge in [0.05, 0.1) is 4.88 Å². The number of hydrogen-bond donors (Lipinski definition) is 2. The van der Waals surface area contributed by atoms with Crippen LogP contribution in [-0.4, -0.2) is 18.4 Å². The molecule has 1 aliphatic carbocycles. The molecule has 4 nitrogen and oxygen atoms in total. The maximum Gasteiger partial charge on any atom is 0.261 e. The van der Waals surface area contributed by atoms with Gasteiger partial charge >= 0.3 is 0 Å². The number of carbonyl (C=O) groups excluding carboxylic acids is 2. The lowest BCUT2D eigenvalue weighted by Gasteiger charge is -2.19. The zero-order valence-corrected chi connectivity index (χ0v) is 12.7. The molecule has 2 amide bonds. The third-order valence-electron chi connectivity index (χ3n) is 3.87. The minimum atomic E-state index is -0.323. The molecule has 0 fully saturated rings. The molecule has 0 radical (unpaired) electrons. The number of fused-ring (bicyclic) bond motifs is 1. The summed E-state index contributed by atoms with van der Waals surface area (Å²) in [6.45, 7) is 2.73. The van der Waals surface area contributed by atoms with Crippen LogP contribution < -0.4 is 11.1 Å². The number of nitrogens with two attached hydrogens (primary N) is 1. The normalized spacial score (nSPS) is 17.6. The Balaban J connectivity index is 1.88. The fraction of sp³-hybridized carbons (Fsp3) is 0.600. The highest BCUT2D eigenvalue weighted by Crippen LogP contribution is 2.33. The van der Waals surface area contributed by atoms with Crippen LogP contribution in [0.2, 0.25) is 0 Å². The van der Waals surface area contributed by atoms with Crippen LogP contribution in [0.4, 0.5) is 0 Å². The summed E-state index contributed by atoms with van der Waals surface area (Å²) in [5, 5.41) is 2.85. The molecule has 5 heteroatoms. The van der Waals surface area contributed by atoms with E-state index in [0.29, 0.717) is 19.4 Å². The molecule has 1 unspecified atom stereocenters. The van der Waals surface area contributed by atoms with Crippen LogP contribution in [0.3, 0.4) is 0 Å². The fourth-order valence-electron chi connectivity index (χ4n) is 2.61. The van der Waals surface area contributed by atoms with Crippen LogP contribution in [0.1, 0.15) is 52.7 Å². The van der Waals surface area contributed by atoms with E-state index in [4.69, 9.17) is 5.73 Å². The Labute approximate surface area is 123 Å². The van der Waals surface area contributed by atoms with E-state index in [1.165, 1.54) is 23.3 Å². The predicted molar refractivity (Wildman–Crippen MR) is 80.9 cm³/mol. The lowest BCUT2D eigenvalue weighted by molar-refractivity contribution is -0.118. The van der Waals surface area contributed by atoms with Gasteiger partial charge in [-0.3, -0.25) is 9.59 Å². The van der Waals surface area contributed by atoms with Crippen LogP contribution in [0, 0.1) is 5.92 Å². The second-order valence-corrected chi connectivity index (χ2v) is 6.54. The Bertz CT molecular complexity index is 496. The van der Waals surface area contributed by atoms with Gasteiger partial charge in [-0.05, 0) is 43.2 Å². The summed E-state index contributed by atoms with van der Waals surface area (Å²) in [7, 11) is 0. The fourth-order valence-corrected chi connectivity index (χ4v) is 3.74. The van der Waals surface area contributed by atoms with Crippen LogP contribution in [0.15, 0.2) is 6.07 Å². The van der Waals surface area contributed by atoms with Gasteiger partial charge in [-0.25, -0.2) is 0 Å². The highest BCUT2D eigenvalue weighted by atomic mass is 32.1. The van der Waals surface area contributed by atoms with E-state index in [1.54, 1.807) is 11.3 Å². The van der Waals surface area contributed by atoms with Crippen molar-refractivity contribution in [2.24, 2.45) is 11.7 Å². The monoisotopic (exact) mass is 294 g/mol. The second kappa shape index (κ2) is 6.88. The number of primary amides is 1. The second-order valence-electron chi connectivity index (χ2n) is 5.40. The van der Waals surface area contributed by atoms with Crippen molar-refractivity contribution < 1.29 is 9.59 Å². The lowest BCUT2D eigenvalue weighted by Crippen LogP contribution is -2.24. The molecule has 0 saturated carbocycles. The molecule has 1 heterocycles. The Kier molecular flexibility index (Phi) is 5.17. The molecule has 1 aromatic heterocycles. The van der Waals surface area contributed by atoms with Crippen molar-refractivity contribution in [2.75, 3.05) is 6.54 Å². The topological polar surface area (TPSA) is 72.2 Å². The highest BCUT2D eigenvalue weighted by molar-refractivity contribution is 7.14. The van der Waals surface area contributed by atoms with E-state index < -0.39 is 0 Å². The van der Waals surface area contributed by atoms with Crippen molar-refractivity contribution in [3.05, 3.63) is 21.4 Å². The number of aryl methyl sites for hydroxylation is 1. The molecule has 0 aliphatic heterocycles. The molecule has 110 valence electrons. The van der Waals surface area contributed by atoms with Crippen molar-refractivity contribution in [2.45, 2.75) is 45.4 Å². The minimum Gasteiger partial charge on any atom is -0.370 e. The molecule has 3 N–H and O–H groups in total. The van der Waals surface area contributed by atoms with Crippen LogP contribution in [0.25, 0.3) is 0 Å². The van der Waals surface area contributed by atoms with Crippen molar-refractivity contribution in [3.8, 4) is 0 Å². The Hall–Kier alpha value is -1.36. The van der Waals surface area contributed by atoms with E-state index in [0.717, 1.165) is 23.6 Å². The van der Waals surface area contributed by atoms with E-state index in [-0.39, 0.29) is 11.8 Å². The third-order valence-corrected chi connectivity index (χ3v) is 5.11. The van der Waals surface area contributed by atoms with Gasteiger partial charge in [0, 0.05) is 17.8 Å². The number of nitrogens with one attached hydrogen (secondary N) is 1. The average Bonchev–Trinajstić information content (AvgIpc) is 2.85. The molecular formula is C15H22N2O2S. The van der Waals surface area contributed by atoms with Crippen molar-refractivity contribution in [3.63, 3.8) is 0 Å². The van der Waals surface area contributed by atoms with Gasteiger partial charge in [-0.2, -0.15) is 0 Å². The molecule has 1 atom stereocenters. The van der Waals surface area contributed by atoms with Crippen molar-refractivity contribution in [1.29, 1.82) is 0 Å². The highest BCUT2D eigenvalue weighted by Gasteiger charge is 2.21. The molecular weight excluding hydrogens is 272 g/mol. The van der Waals surface area contributed by atoms with Gasteiger partial charge in [0.2, 0.25) is 5.91 Å². The van der Waals surface area contributed by atoms with E-state index >= 15 is 0 Å². The van der Waals surface area contributed by atoms with Gasteiger partial charge in [0.15, 0.2) is 0 Å². The van der Waals surface area contributed by atoms with Crippen molar-refractivity contribution >= 4 is 23.2 Å². The lowest BCUT2D eigenvalue weighted by atomic mass is 9.87. The molecule has 0 saturated heterocycles. The summed E-state index contributed by atoms with van der Waals surface area (Å²) in [6, 6.07) is 2.05. The molecule has 1 aromatic rings. The summed E-state index contributed by atoms with van der Waals surface area (Å²) >= 11 is 1.62. The number of carbonyl (C=O) groups is 2. The van der Waals surface area contributed by atoms with Gasteiger partial charge in [0.1, 0.15) is 0 Å². The van der Waals surface area contributed by atoms with E-state index in [1.807, 2.05) is 6.07 Å². The summed E-state index contributed by atoms with van der Waals surface area (Å²) in [5.41, 5.74) is 6.42. The molecule has 0 bridgehead atoms. The quantitative estimate of drug-likeness (QED) is 0.790. The van der Waals surface area contributed by atoms with Gasteiger partial charge in [-0.15, -0.1) is 11.3 Å². The largest absolute Gasteiger partial charge is 0.370 e. The molecule has 0 aromatic carbocycles. The third kappa shape index (κ3) is 3.82. The standard InChI is InChI=1S/C15H22N2O2S/c1-2-10-5-6-12-11(8-10)9-13(20-12)15(19)17-7-3-4-14(16)18/h9-10H,2-8H2,1H3,(H2,16,18)(H,17,19). The maximum atomic E-state index is 12.0. The minimum absolute atomic E-state index is 0.0260. The zero-order chi connectivity index (χ0) is 14.5. The van der Waals surface area contributed by atoms with E-state index in [9.17, 15) is 9.59 Å². The smallest absolute Gasteiger partial charge is 0.261 e. The summed E-state index contributed by atoms with van der Waals surface area (Å²) in [6.07, 6.45) is 5.59. The predicted octanol–water partition coefficient (Wildman–Crippen LogP) is 2.26. The van der Waals surface area contributed by atoms with Crippen LogP contribution in [-0.2, 0) is 17.6 Å². The molecule has 2 rings (SSSR count). The van der Waals surface area contributed by atoms with Crippen LogP contribution in [0.5, 0.6) is 0 Å². The van der Waals surface area contributed by atoms with Gasteiger partial charge in [0.25, 0.3) is 5.91 Å². The molecule has 0 spiro atoms. The Morgan fingerprint density at radius 1 is 1.50 bits per heavy atom. The average molecular weight is 294 g/mol. The SMILES string of the molecule is CCC1CCc2sc(C(=O)NCCCC(N)=O)cc2C1. The number of rotatable bonds is 6. The first kappa shape index (κ1) is 15.0. The van der Waals surface area contributed by atoms with Crippen molar-refractivity contribution in [1.82, 2.24) is 5.32 Å². The molecule has 20 heavy (non-hydrogen) atoms. The number of amides is 2. The first-order chi connectivity index (χ1) is 9.60. The van der Waals surface area contributed by atoms with Crippen LogP contribution >= 0.6 is 11.3 Å². The number of thiophene rings is 1. The van der Waals surface area contributed by atoms with Gasteiger partial charge in [-0.1, -0.05) is 13.3 Å². The maximum absolute atomic E-state index is 12.0. The van der Waals surface area contributed by atoms with E-state index in [2.05, 4.69) is 12.2 Å². The Morgan fingerprint density at radius 3 is 3.00 bits per heavy atom. The summed E-state index contributed by atoms with van der Waals surface area (Å²) in [5.74, 6) is 0.418. The summed E-state index contributed by atoms with van der Waals surface area (Å²) in [4.78, 5) is 24.8. The zero-order valence-electron chi connectivity index (χ0n) is 11.9. The van der Waals surface area contributed by atoms with Gasteiger partial charge < -0.3 is 11.1 Å². The summed E-state index contributed by atoms with van der Waals surface area (Å²) < 4.78 is 0. The first-order valence-corrected chi connectivity index (χ1v) is 8.10.